The molecule has 2 aliphatic rings. The summed E-state index contributed by atoms with van der Waals surface area (Å²) in [7, 11) is 0. The summed E-state index contributed by atoms with van der Waals surface area (Å²) in [6.45, 7) is 0.671. The molecular formula is C13H14ClFN2O2. The van der Waals surface area contributed by atoms with E-state index in [-0.39, 0.29) is 28.8 Å². The Balaban J connectivity index is 1.71. The van der Waals surface area contributed by atoms with Gasteiger partial charge in [-0.15, -0.1) is 0 Å². The fourth-order valence-corrected chi connectivity index (χ4v) is 2.99. The van der Waals surface area contributed by atoms with Gasteiger partial charge < -0.3 is 15.8 Å². The van der Waals surface area contributed by atoms with Crippen LogP contribution < -0.4 is 11.1 Å². The molecule has 0 radical (unpaired) electrons. The highest BCUT2D eigenvalue weighted by molar-refractivity contribution is 6.30. The first kappa shape index (κ1) is 12.8. The summed E-state index contributed by atoms with van der Waals surface area (Å²) in [6, 6.07) is 3.60. The third-order valence-corrected chi connectivity index (χ3v) is 4.16. The Hall–Kier alpha value is -1.17. The minimum atomic E-state index is -0.637. The third-order valence-electron chi connectivity index (χ3n) is 3.92. The molecule has 0 spiro atoms. The van der Waals surface area contributed by atoms with E-state index in [9.17, 15) is 9.18 Å². The van der Waals surface area contributed by atoms with Crippen LogP contribution in [-0.4, -0.2) is 30.7 Å². The van der Waals surface area contributed by atoms with Gasteiger partial charge in [0.2, 0.25) is 0 Å². The summed E-state index contributed by atoms with van der Waals surface area (Å²) in [6.07, 6.45) is 0.891. The van der Waals surface area contributed by atoms with E-state index in [0.717, 1.165) is 12.5 Å². The van der Waals surface area contributed by atoms with E-state index in [1.807, 2.05) is 0 Å². The van der Waals surface area contributed by atoms with Crippen molar-refractivity contribution >= 4 is 17.5 Å². The lowest BCUT2D eigenvalue weighted by Gasteiger charge is -2.45. The zero-order chi connectivity index (χ0) is 13.6. The van der Waals surface area contributed by atoms with Crippen molar-refractivity contribution in [3.8, 4) is 0 Å². The van der Waals surface area contributed by atoms with Crippen molar-refractivity contribution in [2.24, 2.45) is 11.7 Å². The summed E-state index contributed by atoms with van der Waals surface area (Å²) in [5, 5.41) is 3.00. The number of hydrogen-bond acceptors (Lipinski definition) is 3. The van der Waals surface area contributed by atoms with E-state index in [0.29, 0.717) is 12.5 Å². The van der Waals surface area contributed by atoms with Crippen LogP contribution in [0.1, 0.15) is 16.8 Å². The van der Waals surface area contributed by atoms with Crippen molar-refractivity contribution in [2.45, 2.75) is 24.6 Å². The van der Waals surface area contributed by atoms with Crippen LogP contribution in [0.3, 0.4) is 0 Å². The monoisotopic (exact) mass is 284 g/mol. The lowest BCUT2D eigenvalue weighted by molar-refractivity contribution is -0.0161. The highest BCUT2D eigenvalue weighted by atomic mass is 35.5. The Morgan fingerprint density at radius 3 is 3.05 bits per heavy atom. The second kappa shape index (κ2) is 4.74. The smallest absolute Gasteiger partial charge is 0.254 e. The molecule has 1 amide bonds. The van der Waals surface area contributed by atoms with Crippen LogP contribution in [0.15, 0.2) is 18.2 Å². The molecular weight excluding hydrogens is 271 g/mol. The fourth-order valence-electron chi connectivity index (χ4n) is 2.83. The molecule has 2 fully saturated rings. The summed E-state index contributed by atoms with van der Waals surface area (Å²) < 4.78 is 19.1. The van der Waals surface area contributed by atoms with E-state index >= 15 is 0 Å². The summed E-state index contributed by atoms with van der Waals surface area (Å²) in [5.41, 5.74) is 5.96. The van der Waals surface area contributed by atoms with Crippen LogP contribution in [0, 0.1) is 11.7 Å². The summed E-state index contributed by atoms with van der Waals surface area (Å²) in [5.74, 6) is -0.814. The average molecular weight is 285 g/mol. The van der Waals surface area contributed by atoms with Crippen molar-refractivity contribution in [3.63, 3.8) is 0 Å². The van der Waals surface area contributed by atoms with Crippen LogP contribution in [0.5, 0.6) is 0 Å². The predicted octanol–water partition coefficient (Wildman–Crippen LogP) is 1.32. The second-order valence-electron chi connectivity index (χ2n) is 4.99. The maximum atomic E-state index is 13.6. The van der Waals surface area contributed by atoms with E-state index in [4.69, 9.17) is 22.1 Å². The minimum Gasteiger partial charge on any atom is -0.376 e. The molecule has 4 nitrogen and oxygen atoms in total. The molecule has 0 bridgehead atoms. The van der Waals surface area contributed by atoms with Gasteiger partial charge in [0.25, 0.3) is 5.91 Å². The van der Waals surface area contributed by atoms with E-state index in [1.54, 1.807) is 0 Å². The van der Waals surface area contributed by atoms with Crippen LogP contribution in [-0.2, 0) is 4.74 Å². The largest absolute Gasteiger partial charge is 0.376 e. The SMILES string of the molecule is NC1C2CCOC2C1NC(=O)c1ccc(Cl)cc1F. The lowest BCUT2D eigenvalue weighted by atomic mass is 9.72. The average Bonchev–Trinajstić information content (AvgIpc) is 2.80. The van der Waals surface area contributed by atoms with E-state index < -0.39 is 11.7 Å². The molecule has 1 saturated carbocycles. The number of rotatable bonds is 2. The van der Waals surface area contributed by atoms with Gasteiger partial charge in [-0.3, -0.25) is 4.79 Å². The number of nitrogens with one attached hydrogen (secondary N) is 1. The molecule has 1 saturated heterocycles. The standard InChI is InChI=1S/C13H14ClFN2O2/c14-6-1-2-7(9(15)5-6)13(18)17-11-10(16)8-3-4-19-12(8)11/h1-2,5,8,10-12H,3-4,16H2,(H,17,18). The second-order valence-corrected chi connectivity index (χ2v) is 5.43. The Kier molecular flexibility index (Phi) is 3.20. The van der Waals surface area contributed by atoms with E-state index in [1.165, 1.54) is 12.1 Å². The topological polar surface area (TPSA) is 64.3 Å². The van der Waals surface area contributed by atoms with Crippen molar-refractivity contribution in [1.82, 2.24) is 5.32 Å². The summed E-state index contributed by atoms with van der Waals surface area (Å²) >= 11 is 5.65. The Morgan fingerprint density at radius 1 is 1.53 bits per heavy atom. The molecule has 0 aromatic heterocycles. The normalized spacial score (nSPS) is 32.6. The number of carbonyl (C=O) groups is 1. The van der Waals surface area contributed by atoms with E-state index in [2.05, 4.69) is 5.32 Å². The minimum absolute atomic E-state index is 0.0296. The number of benzene rings is 1. The quantitative estimate of drug-likeness (QED) is 0.861. The molecule has 1 aromatic carbocycles. The van der Waals surface area contributed by atoms with Crippen molar-refractivity contribution in [3.05, 3.63) is 34.6 Å². The maximum absolute atomic E-state index is 13.6. The number of hydrogen-bond donors (Lipinski definition) is 2. The number of carbonyl (C=O) groups excluding carboxylic acids is 1. The first-order chi connectivity index (χ1) is 9.08. The first-order valence-corrected chi connectivity index (χ1v) is 6.59. The van der Waals surface area contributed by atoms with Crippen molar-refractivity contribution in [1.29, 1.82) is 0 Å². The number of amides is 1. The third kappa shape index (κ3) is 2.12. The van der Waals surface area contributed by atoms with Gasteiger partial charge in [-0.25, -0.2) is 4.39 Å². The molecule has 4 unspecified atom stereocenters. The highest BCUT2D eigenvalue weighted by Crippen LogP contribution is 2.37. The summed E-state index contributed by atoms with van der Waals surface area (Å²) in [4.78, 5) is 12.0. The molecule has 1 aliphatic carbocycles. The zero-order valence-corrected chi connectivity index (χ0v) is 10.9. The lowest BCUT2D eigenvalue weighted by Crippen LogP contribution is -2.69. The van der Waals surface area contributed by atoms with Crippen molar-refractivity contribution < 1.29 is 13.9 Å². The van der Waals surface area contributed by atoms with Crippen LogP contribution in [0.2, 0.25) is 5.02 Å². The Morgan fingerprint density at radius 2 is 2.32 bits per heavy atom. The predicted molar refractivity (Wildman–Crippen MR) is 68.5 cm³/mol. The molecule has 1 heterocycles. The van der Waals surface area contributed by atoms with Gasteiger partial charge in [-0.05, 0) is 24.6 Å². The molecule has 3 N–H and O–H groups in total. The molecule has 19 heavy (non-hydrogen) atoms. The number of fused-ring (bicyclic) bond motifs is 1. The molecule has 4 atom stereocenters. The Labute approximate surface area is 115 Å². The zero-order valence-electron chi connectivity index (χ0n) is 10.1. The van der Waals surface area contributed by atoms with Crippen LogP contribution in [0.4, 0.5) is 4.39 Å². The number of ether oxygens (including phenoxy) is 1. The van der Waals surface area contributed by atoms with Crippen LogP contribution in [0.25, 0.3) is 0 Å². The van der Waals surface area contributed by atoms with Gasteiger partial charge in [0.15, 0.2) is 0 Å². The van der Waals surface area contributed by atoms with Gasteiger partial charge in [-0.1, -0.05) is 11.6 Å². The molecule has 1 aliphatic heterocycles. The van der Waals surface area contributed by atoms with Gasteiger partial charge >= 0.3 is 0 Å². The fraction of sp³-hybridized carbons (Fsp3) is 0.462. The number of nitrogens with two attached hydrogens (primary N) is 1. The van der Waals surface area contributed by atoms with Crippen LogP contribution >= 0.6 is 11.6 Å². The highest BCUT2D eigenvalue weighted by Gasteiger charge is 2.52. The maximum Gasteiger partial charge on any atom is 0.254 e. The molecule has 6 heteroatoms. The van der Waals surface area contributed by atoms with Gasteiger partial charge in [0.05, 0.1) is 17.7 Å². The van der Waals surface area contributed by atoms with Gasteiger partial charge in [0, 0.05) is 23.6 Å². The molecule has 102 valence electrons. The first-order valence-electron chi connectivity index (χ1n) is 6.21. The van der Waals surface area contributed by atoms with Gasteiger partial charge in [-0.2, -0.15) is 0 Å². The number of halogens is 2. The molecule has 1 aromatic rings. The Bertz CT molecular complexity index is 525. The van der Waals surface area contributed by atoms with Gasteiger partial charge in [0.1, 0.15) is 5.82 Å². The molecule has 3 rings (SSSR count). The van der Waals surface area contributed by atoms with Crippen molar-refractivity contribution in [2.75, 3.05) is 6.61 Å².